The number of hydrogen-bond donors (Lipinski definition) is 0. The van der Waals surface area contributed by atoms with E-state index in [0.717, 1.165) is 52.4 Å². The molecule has 160 valence electrons. The average Bonchev–Trinajstić information content (AvgIpc) is 2.74. The van der Waals surface area contributed by atoms with Gasteiger partial charge in [-0.1, -0.05) is 43.7 Å². The van der Waals surface area contributed by atoms with Crippen molar-refractivity contribution in [3.8, 4) is 5.75 Å². The molecule has 1 aliphatic rings. The van der Waals surface area contributed by atoms with Crippen molar-refractivity contribution < 1.29 is 14.3 Å². The molecule has 0 amide bonds. The van der Waals surface area contributed by atoms with Gasteiger partial charge in [0.25, 0.3) is 0 Å². The maximum Gasteiger partial charge on any atom is 0.148 e. The van der Waals surface area contributed by atoms with Gasteiger partial charge in [0.1, 0.15) is 23.2 Å². The van der Waals surface area contributed by atoms with Crippen LogP contribution in [0.15, 0.2) is 41.3 Å². The van der Waals surface area contributed by atoms with Gasteiger partial charge in [-0.2, -0.15) is 0 Å². The number of thioether (sulfide) groups is 1. The van der Waals surface area contributed by atoms with Gasteiger partial charge in [-0.3, -0.25) is 9.59 Å². The lowest BCUT2D eigenvalue weighted by Gasteiger charge is -2.29. The van der Waals surface area contributed by atoms with Crippen LogP contribution in [0.5, 0.6) is 5.75 Å². The number of rotatable bonds is 8. The number of carbonyl (C=O) groups excluding carboxylic acids is 2. The maximum atomic E-state index is 13.1. The number of ether oxygens (including phenoxy) is 1. The van der Waals surface area contributed by atoms with Crippen LogP contribution in [-0.4, -0.2) is 24.4 Å². The summed E-state index contributed by atoms with van der Waals surface area (Å²) in [7, 11) is 1.68. The minimum Gasteiger partial charge on any atom is -0.496 e. The van der Waals surface area contributed by atoms with E-state index < -0.39 is 5.92 Å². The summed E-state index contributed by atoms with van der Waals surface area (Å²) in [5.41, 5.74) is 4.52. The summed E-state index contributed by atoms with van der Waals surface area (Å²) in [4.78, 5) is 27.3. The fourth-order valence-electron chi connectivity index (χ4n) is 4.57. The standard InChI is InChI=1S/C26H32O3S/c1-5-19-13-17(3)14-20(6-2)25(19)26-21(27)15-18(16-22(26)28)11-12-30-24-10-8-7-9-23(24)29-4/h7-10,13-14,18,26H,5-6,11-12,15-16H2,1-4H3. The van der Waals surface area contributed by atoms with Crippen molar-refractivity contribution in [3.63, 3.8) is 0 Å². The van der Waals surface area contributed by atoms with Crippen molar-refractivity contribution in [2.75, 3.05) is 12.9 Å². The highest BCUT2D eigenvalue weighted by molar-refractivity contribution is 7.99. The quantitative estimate of drug-likeness (QED) is 0.388. The summed E-state index contributed by atoms with van der Waals surface area (Å²) in [6, 6.07) is 12.3. The normalized spacial score (nSPS) is 19.2. The maximum absolute atomic E-state index is 13.1. The molecule has 30 heavy (non-hydrogen) atoms. The molecule has 3 nitrogen and oxygen atoms in total. The Hall–Kier alpha value is -2.07. The first-order chi connectivity index (χ1) is 14.5. The molecule has 0 unspecified atom stereocenters. The summed E-state index contributed by atoms with van der Waals surface area (Å²) >= 11 is 1.73. The number of aryl methyl sites for hydroxylation is 3. The van der Waals surface area contributed by atoms with Gasteiger partial charge < -0.3 is 4.74 Å². The van der Waals surface area contributed by atoms with Gasteiger partial charge in [0, 0.05) is 17.7 Å². The van der Waals surface area contributed by atoms with Crippen molar-refractivity contribution in [1.29, 1.82) is 0 Å². The first-order valence-corrected chi connectivity index (χ1v) is 11.9. The summed E-state index contributed by atoms with van der Waals surface area (Å²) in [6.07, 6.45) is 3.56. The molecular weight excluding hydrogens is 392 g/mol. The molecule has 0 atom stereocenters. The van der Waals surface area contributed by atoms with Gasteiger partial charge in [0.2, 0.25) is 0 Å². The Balaban J connectivity index is 1.69. The van der Waals surface area contributed by atoms with Crippen LogP contribution >= 0.6 is 11.8 Å². The molecular formula is C26H32O3S. The topological polar surface area (TPSA) is 43.4 Å². The van der Waals surface area contributed by atoms with Gasteiger partial charge in [0.05, 0.1) is 7.11 Å². The lowest BCUT2D eigenvalue weighted by atomic mass is 9.73. The molecule has 0 aliphatic heterocycles. The van der Waals surface area contributed by atoms with Gasteiger partial charge in [-0.05, 0) is 66.7 Å². The SMILES string of the molecule is CCc1cc(C)cc(CC)c1C1C(=O)CC(CCSc2ccccc2OC)CC1=O. The molecule has 2 aromatic rings. The van der Waals surface area contributed by atoms with E-state index in [9.17, 15) is 9.59 Å². The zero-order valence-electron chi connectivity index (χ0n) is 18.5. The molecule has 3 rings (SSSR count). The summed E-state index contributed by atoms with van der Waals surface area (Å²) in [6.45, 7) is 6.29. The largest absolute Gasteiger partial charge is 0.496 e. The minimum atomic E-state index is -0.561. The van der Waals surface area contributed by atoms with Crippen molar-refractivity contribution in [2.24, 2.45) is 5.92 Å². The Morgan fingerprint density at radius 2 is 1.60 bits per heavy atom. The van der Waals surface area contributed by atoms with Crippen molar-refractivity contribution in [3.05, 3.63) is 58.7 Å². The molecule has 0 spiro atoms. The van der Waals surface area contributed by atoms with Gasteiger partial charge in [-0.25, -0.2) is 0 Å². The first-order valence-electron chi connectivity index (χ1n) is 10.9. The predicted octanol–water partition coefficient (Wildman–Crippen LogP) is 5.94. The Morgan fingerprint density at radius 1 is 1.00 bits per heavy atom. The lowest BCUT2D eigenvalue weighted by Crippen LogP contribution is -2.33. The number of carbonyl (C=O) groups is 2. The van der Waals surface area contributed by atoms with Gasteiger partial charge >= 0.3 is 0 Å². The molecule has 0 N–H and O–H groups in total. The van der Waals surface area contributed by atoms with E-state index in [4.69, 9.17) is 4.74 Å². The van der Waals surface area contributed by atoms with Crippen LogP contribution in [0.4, 0.5) is 0 Å². The van der Waals surface area contributed by atoms with Crippen molar-refractivity contribution in [2.45, 2.75) is 63.7 Å². The Morgan fingerprint density at radius 3 is 2.17 bits per heavy atom. The van der Waals surface area contributed by atoms with Crippen LogP contribution in [0.25, 0.3) is 0 Å². The second-order valence-corrected chi connectivity index (χ2v) is 9.27. The second-order valence-electron chi connectivity index (χ2n) is 8.13. The lowest BCUT2D eigenvalue weighted by molar-refractivity contribution is -0.133. The molecule has 4 heteroatoms. The monoisotopic (exact) mass is 424 g/mol. The molecule has 1 saturated carbocycles. The van der Waals surface area contributed by atoms with E-state index >= 15 is 0 Å². The number of Topliss-reactive ketones (excluding diaryl/α,β-unsaturated/α-hetero) is 2. The van der Waals surface area contributed by atoms with Crippen LogP contribution in [0, 0.1) is 12.8 Å². The number of benzene rings is 2. The first kappa shape index (κ1) is 22.6. The Labute approximate surface area is 184 Å². The van der Waals surface area contributed by atoms with Crippen LogP contribution < -0.4 is 4.74 Å². The second kappa shape index (κ2) is 10.3. The van der Waals surface area contributed by atoms with E-state index in [-0.39, 0.29) is 17.5 Å². The smallest absolute Gasteiger partial charge is 0.148 e. The number of methoxy groups -OCH3 is 1. The van der Waals surface area contributed by atoms with Gasteiger partial charge in [0.15, 0.2) is 0 Å². The number of para-hydroxylation sites is 1. The molecule has 0 radical (unpaired) electrons. The molecule has 0 heterocycles. The third-order valence-electron chi connectivity index (χ3n) is 6.02. The minimum absolute atomic E-state index is 0.104. The Kier molecular flexibility index (Phi) is 7.76. The summed E-state index contributed by atoms with van der Waals surface area (Å²) in [5, 5.41) is 0. The van der Waals surface area contributed by atoms with E-state index in [2.05, 4.69) is 32.9 Å². The van der Waals surface area contributed by atoms with E-state index in [1.54, 1.807) is 18.9 Å². The third kappa shape index (κ3) is 4.97. The van der Waals surface area contributed by atoms with E-state index in [0.29, 0.717) is 12.8 Å². The van der Waals surface area contributed by atoms with Crippen LogP contribution in [0.3, 0.4) is 0 Å². The molecule has 2 aromatic carbocycles. The molecule has 0 saturated heterocycles. The summed E-state index contributed by atoms with van der Waals surface area (Å²) in [5.74, 6) is 1.54. The predicted molar refractivity (Wildman–Crippen MR) is 124 cm³/mol. The molecule has 0 bridgehead atoms. The van der Waals surface area contributed by atoms with Crippen LogP contribution in [0.2, 0.25) is 0 Å². The highest BCUT2D eigenvalue weighted by Crippen LogP contribution is 2.38. The zero-order chi connectivity index (χ0) is 21.7. The number of ketones is 2. The van der Waals surface area contributed by atoms with Crippen molar-refractivity contribution >= 4 is 23.3 Å². The summed E-state index contributed by atoms with van der Waals surface area (Å²) < 4.78 is 5.41. The molecule has 1 fully saturated rings. The van der Waals surface area contributed by atoms with Crippen LogP contribution in [-0.2, 0) is 22.4 Å². The zero-order valence-corrected chi connectivity index (χ0v) is 19.3. The van der Waals surface area contributed by atoms with E-state index in [1.165, 1.54) is 5.56 Å². The third-order valence-corrected chi connectivity index (χ3v) is 7.11. The highest BCUT2D eigenvalue weighted by Gasteiger charge is 2.38. The highest BCUT2D eigenvalue weighted by atomic mass is 32.2. The molecule has 0 aromatic heterocycles. The van der Waals surface area contributed by atoms with Crippen LogP contribution in [0.1, 0.15) is 61.3 Å². The van der Waals surface area contributed by atoms with E-state index in [1.807, 2.05) is 24.3 Å². The molecule has 1 aliphatic carbocycles. The number of hydrogen-bond acceptors (Lipinski definition) is 4. The average molecular weight is 425 g/mol. The fourth-order valence-corrected chi connectivity index (χ4v) is 5.70. The van der Waals surface area contributed by atoms with Crippen molar-refractivity contribution in [1.82, 2.24) is 0 Å². The Bertz CT molecular complexity index is 875. The van der Waals surface area contributed by atoms with Gasteiger partial charge in [-0.15, -0.1) is 11.8 Å². The fraction of sp³-hybridized carbons (Fsp3) is 0.462.